The quantitative estimate of drug-likeness (QED) is 0.830. The van der Waals surface area contributed by atoms with Crippen LogP contribution in [-0.4, -0.2) is 31.0 Å². The highest BCUT2D eigenvalue weighted by Crippen LogP contribution is 2.17. The van der Waals surface area contributed by atoms with E-state index < -0.39 is 0 Å². The third-order valence-electron chi connectivity index (χ3n) is 3.21. The van der Waals surface area contributed by atoms with E-state index in [2.05, 4.69) is 17.6 Å². The summed E-state index contributed by atoms with van der Waals surface area (Å²) >= 11 is 5.31. The van der Waals surface area contributed by atoms with Gasteiger partial charge in [0.2, 0.25) is 0 Å². The van der Waals surface area contributed by atoms with Gasteiger partial charge < -0.3 is 20.1 Å². The van der Waals surface area contributed by atoms with Gasteiger partial charge in [-0.05, 0) is 44.1 Å². The summed E-state index contributed by atoms with van der Waals surface area (Å²) in [7, 11) is 1.65. The molecule has 2 N–H and O–H groups in total. The van der Waals surface area contributed by atoms with Crippen molar-refractivity contribution in [3.8, 4) is 5.75 Å². The number of thiocarbonyl (C=S) groups is 1. The Bertz CT molecular complexity index is 433. The molecule has 104 valence electrons. The van der Waals surface area contributed by atoms with Crippen LogP contribution in [-0.2, 0) is 4.74 Å². The first-order valence-corrected chi connectivity index (χ1v) is 6.93. The highest BCUT2D eigenvalue weighted by Gasteiger charge is 2.22. The van der Waals surface area contributed by atoms with Crippen LogP contribution in [0.2, 0.25) is 0 Å². The lowest BCUT2D eigenvalue weighted by Crippen LogP contribution is -2.42. The number of benzene rings is 1. The Morgan fingerprint density at radius 1 is 1.53 bits per heavy atom. The number of methoxy groups -OCH3 is 1. The molecular formula is C14H20N2O2S. The van der Waals surface area contributed by atoms with E-state index in [9.17, 15) is 0 Å². The van der Waals surface area contributed by atoms with Gasteiger partial charge in [-0.1, -0.05) is 6.07 Å². The lowest BCUT2D eigenvalue weighted by Gasteiger charge is -2.22. The molecule has 1 fully saturated rings. The van der Waals surface area contributed by atoms with Gasteiger partial charge in [0.05, 0.1) is 19.3 Å². The normalized spacial score (nSPS) is 19.8. The minimum absolute atomic E-state index is 0.216. The Kier molecular flexibility index (Phi) is 4.99. The van der Waals surface area contributed by atoms with Crippen LogP contribution in [0.3, 0.4) is 0 Å². The van der Waals surface area contributed by atoms with Crippen molar-refractivity contribution in [2.75, 3.05) is 19.0 Å². The maximum atomic E-state index is 5.63. The van der Waals surface area contributed by atoms with Crippen LogP contribution in [0.4, 0.5) is 5.69 Å². The zero-order valence-electron chi connectivity index (χ0n) is 11.3. The molecule has 1 aliphatic rings. The molecule has 1 aromatic rings. The summed E-state index contributed by atoms with van der Waals surface area (Å²) in [5.74, 6) is 0.806. The largest absolute Gasteiger partial charge is 0.497 e. The van der Waals surface area contributed by atoms with Crippen LogP contribution >= 0.6 is 12.2 Å². The predicted octanol–water partition coefficient (Wildman–Crippen LogP) is 2.55. The van der Waals surface area contributed by atoms with E-state index in [1.807, 2.05) is 24.3 Å². The number of rotatable bonds is 4. The highest BCUT2D eigenvalue weighted by molar-refractivity contribution is 7.80. The van der Waals surface area contributed by atoms with Crippen molar-refractivity contribution in [3.05, 3.63) is 24.3 Å². The topological polar surface area (TPSA) is 42.5 Å². The summed E-state index contributed by atoms with van der Waals surface area (Å²) in [5, 5.41) is 7.03. The fraction of sp³-hybridized carbons (Fsp3) is 0.500. The van der Waals surface area contributed by atoms with Gasteiger partial charge in [0.1, 0.15) is 5.75 Å². The van der Waals surface area contributed by atoms with Crippen LogP contribution in [0.5, 0.6) is 5.75 Å². The first-order valence-electron chi connectivity index (χ1n) is 6.52. The Balaban J connectivity index is 1.86. The SMILES string of the molecule is COc1cccc(NC(=S)NC(C)C2CCCO2)c1. The van der Waals surface area contributed by atoms with Gasteiger partial charge in [-0.15, -0.1) is 0 Å². The lowest BCUT2D eigenvalue weighted by atomic mass is 10.1. The molecule has 0 radical (unpaired) electrons. The third-order valence-corrected chi connectivity index (χ3v) is 3.43. The zero-order valence-corrected chi connectivity index (χ0v) is 12.1. The number of hydrogen-bond acceptors (Lipinski definition) is 3. The molecule has 1 aliphatic heterocycles. The molecule has 0 bridgehead atoms. The maximum Gasteiger partial charge on any atom is 0.171 e. The summed E-state index contributed by atoms with van der Waals surface area (Å²) in [6.07, 6.45) is 2.48. The zero-order chi connectivity index (χ0) is 13.7. The lowest BCUT2D eigenvalue weighted by molar-refractivity contribution is 0.0895. The molecule has 0 aromatic heterocycles. The van der Waals surface area contributed by atoms with E-state index in [0.717, 1.165) is 30.9 Å². The summed E-state index contributed by atoms with van der Waals surface area (Å²) < 4.78 is 10.8. The van der Waals surface area contributed by atoms with Crippen LogP contribution in [0.15, 0.2) is 24.3 Å². The first-order chi connectivity index (χ1) is 9.19. The van der Waals surface area contributed by atoms with Crippen molar-refractivity contribution in [1.29, 1.82) is 0 Å². The molecule has 4 nitrogen and oxygen atoms in total. The van der Waals surface area contributed by atoms with Gasteiger partial charge in [0.25, 0.3) is 0 Å². The fourth-order valence-electron chi connectivity index (χ4n) is 2.16. The monoisotopic (exact) mass is 280 g/mol. The van der Waals surface area contributed by atoms with Gasteiger partial charge in [-0.2, -0.15) is 0 Å². The molecule has 2 atom stereocenters. The molecule has 0 saturated carbocycles. The average molecular weight is 280 g/mol. The maximum absolute atomic E-state index is 5.63. The van der Waals surface area contributed by atoms with Crippen molar-refractivity contribution in [2.45, 2.75) is 31.9 Å². The van der Waals surface area contributed by atoms with Crippen LogP contribution < -0.4 is 15.4 Å². The number of nitrogens with one attached hydrogen (secondary N) is 2. The number of hydrogen-bond donors (Lipinski definition) is 2. The highest BCUT2D eigenvalue weighted by atomic mass is 32.1. The van der Waals surface area contributed by atoms with E-state index in [4.69, 9.17) is 21.7 Å². The van der Waals surface area contributed by atoms with Crippen molar-refractivity contribution < 1.29 is 9.47 Å². The minimum Gasteiger partial charge on any atom is -0.497 e. The van der Waals surface area contributed by atoms with Crippen LogP contribution in [0.25, 0.3) is 0 Å². The van der Waals surface area contributed by atoms with Crippen LogP contribution in [0, 0.1) is 0 Å². The van der Waals surface area contributed by atoms with Crippen molar-refractivity contribution >= 4 is 23.0 Å². The van der Waals surface area contributed by atoms with Gasteiger partial charge >= 0.3 is 0 Å². The summed E-state index contributed by atoms with van der Waals surface area (Å²) in [4.78, 5) is 0. The second-order valence-corrected chi connectivity index (χ2v) is 5.08. The molecular weight excluding hydrogens is 260 g/mol. The number of ether oxygens (including phenoxy) is 2. The molecule has 5 heteroatoms. The Morgan fingerprint density at radius 2 is 2.37 bits per heavy atom. The average Bonchev–Trinajstić information content (AvgIpc) is 2.92. The van der Waals surface area contributed by atoms with Crippen LogP contribution in [0.1, 0.15) is 19.8 Å². The molecule has 0 aliphatic carbocycles. The summed E-state index contributed by atoms with van der Waals surface area (Å²) in [5.41, 5.74) is 0.913. The van der Waals surface area contributed by atoms with Gasteiger partial charge in [-0.3, -0.25) is 0 Å². The Morgan fingerprint density at radius 3 is 3.05 bits per heavy atom. The van der Waals surface area contributed by atoms with Crippen molar-refractivity contribution in [2.24, 2.45) is 0 Å². The first kappa shape index (κ1) is 14.1. The third kappa shape index (κ3) is 4.08. The molecule has 2 rings (SSSR count). The molecule has 1 heterocycles. The minimum atomic E-state index is 0.216. The van der Waals surface area contributed by atoms with Gasteiger partial charge in [0, 0.05) is 18.4 Å². The molecule has 0 spiro atoms. The summed E-state index contributed by atoms with van der Waals surface area (Å²) in [6.45, 7) is 2.95. The Hall–Kier alpha value is -1.33. The van der Waals surface area contributed by atoms with Crippen molar-refractivity contribution in [1.82, 2.24) is 5.32 Å². The van der Waals surface area contributed by atoms with Gasteiger partial charge in [0.15, 0.2) is 5.11 Å². The molecule has 2 unspecified atom stereocenters. The molecule has 1 saturated heterocycles. The second-order valence-electron chi connectivity index (χ2n) is 4.67. The smallest absolute Gasteiger partial charge is 0.171 e. The molecule has 0 amide bonds. The molecule has 19 heavy (non-hydrogen) atoms. The van der Waals surface area contributed by atoms with E-state index in [-0.39, 0.29) is 12.1 Å². The molecule has 1 aromatic carbocycles. The van der Waals surface area contributed by atoms with E-state index in [1.165, 1.54) is 0 Å². The standard InChI is InChI=1S/C14H20N2O2S/c1-10(13-7-4-8-18-13)15-14(19)16-11-5-3-6-12(9-11)17-2/h3,5-6,9-10,13H,4,7-8H2,1-2H3,(H2,15,16,19). The number of anilines is 1. The van der Waals surface area contributed by atoms with E-state index >= 15 is 0 Å². The van der Waals surface area contributed by atoms with Gasteiger partial charge in [-0.25, -0.2) is 0 Å². The van der Waals surface area contributed by atoms with E-state index in [0.29, 0.717) is 5.11 Å². The second kappa shape index (κ2) is 6.73. The predicted molar refractivity (Wildman–Crippen MR) is 80.8 cm³/mol. The Labute approximate surface area is 119 Å². The van der Waals surface area contributed by atoms with Crippen molar-refractivity contribution in [3.63, 3.8) is 0 Å². The summed E-state index contributed by atoms with van der Waals surface area (Å²) in [6, 6.07) is 7.90. The fourth-order valence-corrected chi connectivity index (χ4v) is 2.47. The van der Waals surface area contributed by atoms with E-state index in [1.54, 1.807) is 7.11 Å².